The van der Waals surface area contributed by atoms with Crippen molar-refractivity contribution >= 4 is 27.4 Å². The van der Waals surface area contributed by atoms with E-state index >= 15 is 0 Å². The van der Waals surface area contributed by atoms with Gasteiger partial charge in [-0.25, -0.2) is 28.1 Å². The van der Waals surface area contributed by atoms with Crippen molar-refractivity contribution in [3.05, 3.63) is 41.6 Å². The zero-order chi connectivity index (χ0) is 21.4. The molecule has 3 aromatic rings. The quantitative estimate of drug-likeness (QED) is 0.522. The number of nitrogens with two attached hydrogens (primary N) is 1. The molecule has 0 atom stereocenters. The third-order valence-corrected chi connectivity index (χ3v) is 5.82. The predicted molar refractivity (Wildman–Crippen MR) is 108 cm³/mol. The predicted octanol–water partition coefficient (Wildman–Crippen LogP) is 1.32. The number of aromatic nitrogens is 5. The van der Waals surface area contributed by atoms with Crippen molar-refractivity contribution in [3.8, 4) is 17.1 Å². The van der Waals surface area contributed by atoms with Gasteiger partial charge in [-0.15, -0.1) is 0 Å². The van der Waals surface area contributed by atoms with E-state index in [9.17, 15) is 13.5 Å². The highest BCUT2D eigenvalue weighted by Gasteiger charge is 2.24. The van der Waals surface area contributed by atoms with Crippen LogP contribution in [0.3, 0.4) is 0 Å². The first-order valence-corrected chi connectivity index (χ1v) is 10.3. The molecular formula is C17H20ClN7O3S. The Kier molecular flexibility index (Phi) is 5.59. The van der Waals surface area contributed by atoms with Gasteiger partial charge >= 0.3 is 0 Å². The van der Waals surface area contributed by atoms with E-state index in [1.54, 1.807) is 6.92 Å². The Bertz CT molecular complexity index is 1140. The summed E-state index contributed by atoms with van der Waals surface area (Å²) in [5, 5.41) is 13.9. The first kappa shape index (κ1) is 21.1. The van der Waals surface area contributed by atoms with E-state index in [1.165, 1.54) is 49.5 Å². The number of aliphatic hydroxyl groups is 1. The largest absolute Gasteiger partial charge is 0.389 e. The lowest BCUT2D eigenvalue weighted by molar-refractivity contribution is 0.0857. The molecule has 12 heteroatoms. The number of aryl methyl sites for hydroxylation is 1. The third kappa shape index (κ3) is 4.70. The molecular weight excluding hydrogens is 418 g/mol. The van der Waals surface area contributed by atoms with Gasteiger partial charge in [-0.2, -0.15) is 9.78 Å². The molecule has 0 fully saturated rings. The molecule has 0 unspecified atom stereocenters. The minimum atomic E-state index is -3.98. The first-order chi connectivity index (χ1) is 13.5. The Balaban J connectivity index is 2.08. The normalized spacial score (nSPS) is 12.3. The first-order valence-electron chi connectivity index (χ1n) is 8.48. The maximum absolute atomic E-state index is 12.7. The molecule has 2 aromatic heterocycles. The molecule has 0 aliphatic carbocycles. The number of hydrogen-bond acceptors (Lipinski definition) is 8. The third-order valence-electron chi connectivity index (χ3n) is 3.96. The van der Waals surface area contributed by atoms with Gasteiger partial charge in [-0.1, -0.05) is 11.6 Å². The lowest BCUT2D eigenvalue weighted by Crippen LogP contribution is -2.38. The molecule has 4 N–H and O–H groups in total. The summed E-state index contributed by atoms with van der Waals surface area (Å²) >= 11 is 6.20. The van der Waals surface area contributed by atoms with Gasteiger partial charge < -0.3 is 10.8 Å². The Morgan fingerprint density at radius 2 is 2.07 bits per heavy atom. The molecule has 154 valence electrons. The van der Waals surface area contributed by atoms with Crippen molar-refractivity contribution in [1.29, 1.82) is 0 Å². The summed E-state index contributed by atoms with van der Waals surface area (Å²) < 4.78 is 29.2. The van der Waals surface area contributed by atoms with E-state index < -0.39 is 15.6 Å². The van der Waals surface area contributed by atoms with Gasteiger partial charge in [0.25, 0.3) is 0 Å². The second-order valence-corrected chi connectivity index (χ2v) is 9.18. The zero-order valence-electron chi connectivity index (χ0n) is 16.0. The molecule has 0 bridgehead atoms. The SMILES string of the molecule is Cc1cc(Cl)c(S(=O)(=O)NCC(C)(C)O)cc1-c1cnc(N)c(-n2cncn2)n1. The Labute approximate surface area is 172 Å². The second-order valence-electron chi connectivity index (χ2n) is 7.04. The highest BCUT2D eigenvalue weighted by atomic mass is 35.5. The number of benzene rings is 1. The van der Waals surface area contributed by atoms with Crippen molar-refractivity contribution < 1.29 is 13.5 Å². The lowest BCUT2D eigenvalue weighted by Gasteiger charge is -2.19. The molecule has 29 heavy (non-hydrogen) atoms. The van der Waals surface area contributed by atoms with Crippen LogP contribution in [-0.2, 0) is 10.0 Å². The highest BCUT2D eigenvalue weighted by molar-refractivity contribution is 7.89. The van der Waals surface area contributed by atoms with Crippen LogP contribution >= 0.6 is 11.6 Å². The van der Waals surface area contributed by atoms with Gasteiger partial charge in [0.15, 0.2) is 11.6 Å². The summed E-state index contributed by atoms with van der Waals surface area (Å²) in [6, 6.07) is 2.94. The summed E-state index contributed by atoms with van der Waals surface area (Å²) in [6.45, 7) is 4.59. The minimum Gasteiger partial charge on any atom is -0.389 e. The Hall–Kier alpha value is -2.60. The molecule has 0 saturated heterocycles. The van der Waals surface area contributed by atoms with Crippen LogP contribution < -0.4 is 10.5 Å². The smallest absolute Gasteiger partial charge is 0.242 e. The number of halogens is 1. The lowest BCUT2D eigenvalue weighted by atomic mass is 10.1. The van der Waals surface area contributed by atoms with E-state index in [-0.39, 0.29) is 28.1 Å². The molecule has 0 aliphatic rings. The van der Waals surface area contributed by atoms with E-state index in [0.29, 0.717) is 16.8 Å². The molecule has 10 nitrogen and oxygen atoms in total. The number of nitrogens with zero attached hydrogens (tertiary/aromatic N) is 5. The summed E-state index contributed by atoms with van der Waals surface area (Å²) in [4.78, 5) is 12.3. The Morgan fingerprint density at radius 3 is 2.69 bits per heavy atom. The van der Waals surface area contributed by atoms with Crippen LogP contribution in [-0.4, -0.2) is 50.4 Å². The number of hydrogen-bond donors (Lipinski definition) is 3. The van der Waals surface area contributed by atoms with Crippen LogP contribution in [0.4, 0.5) is 5.82 Å². The van der Waals surface area contributed by atoms with E-state index in [0.717, 1.165) is 0 Å². The minimum absolute atomic E-state index is 0.0504. The van der Waals surface area contributed by atoms with Crippen molar-refractivity contribution in [3.63, 3.8) is 0 Å². The topological polar surface area (TPSA) is 149 Å². The fourth-order valence-corrected chi connectivity index (χ4v) is 4.30. The molecule has 0 saturated carbocycles. The van der Waals surface area contributed by atoms with Crippen LogP contribution in [0, 0.1) is 6.92 Å². The van der Waals surface area contributed by atoms with Gasteiger partial charge in [0.05, 0.1) is 22.5 Å². The summed E-state index contributed by atoms with van der Waals surface area (Å²) in [7, 11) is -3.98. The van der Waals surface area contributed by atoms with Crippen LogP contribution in [0.5, 0.6) is 0 Å². The zero-order valence-corrected chi connectivity index (χ0v) is 17.5. The van der Waals surface area contributed by atoms with Crippen molar-refractivity contribution in [2.75, 3.05) is 12.3 Å². The summed E-state index contributed by atoms with van der Waals surface area (Å²) in [5.41, 5.74) is 6.26. The fourth-order valence-electron chi connectivity index (χ4n) is 2.49. The average molecular weight is 438 g/mol. The van der Waals surface area contributed by atoms with Crippen molar-refractivity contribution in [2.45, 2.75) is 31.3 Å². The molecule has 0 amide bonds. The fraction of sp³-hybridized carbons (Fsp3) is 0.294. The monoisotopic (exact) mass is 437 g/mol. The summed E-state index contributed by atoms with van der Waals surface area (Å²) in [5.74, 6) is 0.407. The standard InChI is InChI=1S/C17H20ClN7O3S/c1-10-4-12(18)14(29(27,28)23-7-17(2,3)26)5-11(10)13-6-21-15(19)16(24-13)25-9-20-8-22-25/h4-6,8-9,23,26H,7H2,1-3H3,(H2,19,21). The van der Waals surface area contributed by atoms with Crippen LogP contribution in [0.25, 0.3) is 17.1 Å². The molecule has 0 aliphatic heterocycles. The van der Waals surface area contributed by atoms with Gasteiger partial charge in [0.1, 0.15) is 17.6 Å². The van der Waals surface area contributed by atoms with Crippen LogP contribution in [0.2, 0.25) is 5.02 Å². The second kappa shape index (κ2) is 7.67. The molecule has 3 rings (SSSR count). The van der Waals surface area contributed by atoms with E-state index in [2.05, 4.69) is 24.8 Å². The van der Waals surface area contributed by atoms with Crippen LogP contribution in [0.1, 0.15) is 19.4 Å². The molecule has 1 aromatic carbocycles. The number of anilines is 1. The van der Waals surface area contributed by atoms with Gasteiger partial charge in [-0.05, 0) is 38.5 Å². The van der Waals surface area contributed by atoms with E-state index in [4.69, 9.17) is 17.3 Å². The van der Waals surface area contributed by atoms with Gasteiger partial charge in [0, 0.05) is 12.1 Å². The molecule has 2 heterocycles. The number of rotatable bonds is 6. The van der Waals surface area contributed by atoms with Crippen molar-refractivity contribution in [2.24, 2.45) is 0 Å². The average Bonchev–Trinajstić information content (AvgIpc) is 3.14. The number of sulfonamides is 1. The summed E-state index contributed by atoms with van der Waals surface area (Å²) in [6.07, 6.45) is 4.20. The molecule has 0 radical (unpaired) electrons. The highest BCUT2D eigenvalue weighted by Crippen LogP contribution is 2.31. The number of nitrogen functional groups attached to an aromatic ring is 1. The van der Waals surface area contributed by atoms with Gasteiger partial charge in [-0.3, -0.25) is 0 Å². The van der Waals surface area contributed by atoms with E-state index in [1.807, 2.05) is 0 Å². The van der Waals surface area contributed by atoms with Gasteiger partial charge in [0.2, 0.25) is 10.0 Å². The Morgan fingerprint density at radius 1 is 1.34 bits per heavy atom. The molecule has 0 spiro atoms. The van der Waals surface area contributed by atoms with Crippen LogP contribution in [0.15, 0.2) is 35.9 Å². The maximum Gasteiger partial charge on any atom is 0.242 e. The van der Waals surface area contributed by atoms with Crippen molar-refractivity contribution in [1.82, 2.24) is 29.5 Å². The number of nitrogens with one attached hydrogen (secondary N) is 1. The maximum atomic E-state index is 12.7.